The van der Waals surface area contributed by atoms with Crippen LogP contribution >= 0.6 is 11.8 Å². The number of carbonyl (C=O) groups excluding carboxylic acids is 1. The van der Waals surface area contributed by atoms with Crippen molar-refractivity contribution in [2.24, 2.45) is 0 Å². The third kappa shape index (κ3) is 4.20. The van der Waals surface area contributed by atoms with E-state index in [9.17, 15) is 4.79 Å². The van der Waals surface area contributed by atoms with Crippen LogP contribution in [0.25, 0.3) is 10.9 Å². The van der Waals surface area contributed by atoms with E-state index in [0.717, 1.165) is 40.1 Å². The molecule has 0 unspecified atom stereocenters. The molecule has 1 aromatic heterocycles. The van der Waals surface area contributed by atoms with Crippen molar-refractivity contribution in [2.45, 2.75) is 50.1 Å². The fourth-order valence-corrected chi connectivity index (χ4v) is 3.97. The minimum Gasteiger partial charge on any atom is -0.497 e. The van der Waals surface area contributed by atoms with Crippen molar-refractivity contribution >= 4 is 28.6 Å². The van der Waals surface area contributed by atoms with E-state index < -0.39 is 0 Å². The highest BCUT2D eigenvalue weighted by molar-refractivity contribution is 7.99. The summed E-state index contributed by atoms with van der Waals surface area (Å²) in [6, 6.07) is 8.32. The highest BCUT2D eigenvalue weighted by Gasteiger charge is 2.16. The zero-order chi connectivity index (χ0) is 16.9. The van der Waals surface area contributed by atoms with Crippen LogP contribution in [0.2, 0.25) is 0 Å². The molecule has 0 radical (unpaired) electrons. The number of methoxy groups -OCH3 is 1. The summed E-state index contributed by atoms with van der Waals surface area (Å²) >= 11 is 1.51. The zero-order valence-electron chi connectivity index (χ0n) is 14.3. The van der Waals surface area contributed by atoms with E-state index in [1.807, 2.05) is 25.1 Å². The zero-order valence-corrected chi connectivity index (χ0v) is 15.1. The van der Waals surface area contributed by atoms with Crippen molar-refractivity contribution in [3.63, 3.8) is 0 Å². The molecule has 1 aliphatic rings. The second-order valence-electron chi connectivity index (χ2n) is 6.36. The number of fused-ring (bicyclic) bond motifs is 1. The molecule has 1 fully saturated rings. The average molecular weight is 344 g/mol. The van der Waals surface area contributed by atoms with Crippen LogP contribution in [0.3, 0.4) is 0 Å². The number of rotatable bonds is 5. The van der Waals surface area contributed by atoms with Crippen LogP contribution in [0, 0.1) is 6.92 Å². The van der Waals surface area contributed by atoms with Gasteiger partial charge in [0, 0.05) is 11.4 Å². The highest BCUT2D eigenvalue weighted by atomic mass is 32.2. The molecule has 0 aliphatic heterocycles. The fraction of sp³-hybridized carbons (Fsp3) is 0.474. The standard InChI is InChI=1S/C19H24N2O2S/c1-13-10-14-11-16(23-2)8-9-17(14)21-19(13)24-12-18(22)20-15-6-4-3-5-7-15/h8-11,15H,3-7,12H2,1-2H3,(H,20,22). The van der Waals surface area contributed by atoms with E-state index >= 15 is 0 Å². The van der Waals surface area contributed by atoms with Gasteiger partial charge < -0.3 is 10.1 Å². The van der Waals surface area contributed by atoms with Crippen molar-refractivity contribution in [3.8, 4) is 5.75 Å². The lowest BCUT2D eigenvalue weighted by molar-refractivity contribution is -0.119. The molecule has 5 heteroatoms. The van der Waals surface area contributed by atoms with Gasteiger partial charge in [-0.05, 0) is 49.6 Å². The second-order valence-corrected chi connectivity index (χ2v) is 7.32. The number of nitrogens with zero attached hydrogens (tertiary/aromatic N) is 1. The minimum atomic E-state index is 0.114. The third-order valence-corrected chi connectivity index (χ3v) is 5.57. The highest BCUT2D eigenvalue weighted by Crippen LogP contribution is 2.27. The number of hydrogen-bond acceptors (Lipinski definition) is 4. The van der Waals surface area contributed by atoms with Crippen LogP contribution < -0.4 is 10.1 Å². The molecule has 24 heavy (non-hydrogen) atoms. The third-order valence-electron chi connectivity index (χ3n) is 4.48. The number of aryl methyl sites for hydroxylation is 1. The first-order chi connectivity index (χ1) is 11.7. The molecule has 4 nitrogen and oxygen atoms in total. The van der Waals surface area contributed by atoms with Gasteiger partial charge in [-0.3, -0.25) is 4.79 Å². The van der Waals surface area contributed by atoms with Gasteiger partial charge in [-0.25, -0.2) is 4.98 Å². The van der Waals surface area contributed by atoms with E-state index in [4.69, 9.17) is 9.72 Å². The van der Waals surface area contributed by atoms with Gasteiger partial charge in [0.05, 0.1) is 18.4 Å². The number of ether oxygens (including phenoxy) is 1. The summed E-state index contributed by atoms with van der Waals surface area (Å²) in [4.78, 5) is 16.9. The molecule has 2 aromatic rings. The van der Waals surface area contributed by atoms with Crippen molar-refractivity contribution in [3.05, 3.63) is 29.8 Å². The van der Waals surface area contributed by atoms with Crippen LogP contribution in [0.5, 0.6) is 5.75 Å². The number of pyridine rings is 1. The van der Waals surface area contributed by atoms with Gasteiger partial charge in [-0.1, -0.05) is 31.0 Å². The second kappa shape index (κ2) is 7.88. The Kier molecular flexibility index (Phi) is 5.61. The smallest absolute Gasteiger partial charge is 0.230 e. The number of amides is 1. The first-order valence-corrected chi connectivity index (χ1v) is 9.52. The van der Waals surface area contributed by atoms with Gasteiger partial charge in [0.2, 0.25) is 5.91 Å². The molecule has 1 saturated carbocycles. The summed E-state index contributed by atoms with van der Waals surface area (Å²) in [6.07, 6.45) is 5.99. The van der Waals surface area contributed by atoms with Crippen LogP contribution in [-0.4, -0.2) is 29.8 Å². The molecule has 1 aromatic carbocycles. The van der Waals surface area contributed by atoms with Crippen LogP contribution in [-0.2, 0) is 4.79 Å². The molecular formula is C19H24N2O2S. The number of thioether (sulfide) groups is 1. The van der Waals surface area contributed by atoms with E-state index in [2.05, 4.69) is 11.4 Å². The Morgan fingerprint density at radius 2 is 2.08 bits per heavy atom. The maximum Gasteiger partial charge on any atom is 0.230 e. The lowest BCUT2D eigenvalue weighted by Crippen LogP contribution is -2.37. The van der Waals surface area contributed by atoms with Crippen molar-refractivity contribution < 1.29 is 9.53 Å². The molecule has 1 heterocycles. The van der Waals surface area contributed by atoms with Gasteiger partial charge >= 0.3 is 0 Å². The average Bonchev–Trinajstić information content (AvgIpc) is 2.60. The molecule has 1 aliphatic carbocycles. The Morgan fingerprint density at radius 3 is 2.83 bits per heavy atom. The molecule has 0 bridgehead atoms. The Hall–Kier alpha value is -1.75. The summed E-state index contributed by atoms with van der Waals surface area (Å²) in [7, 11) is 1.66. The molecular weight excluding hydrogens is 320 g/mol. The molecule has 1 amide bonds. The Morgan fingerprint density at radius 1 is 1.29 bits per heavy atom. The predicted molar refractivity (Wildman–Crippen MR) is 98.8 cm³/mol. The molecule has 0 atom stereocenters. The lowest BCUT2D eigenvalue weighted by atomic mass is 9.95. The molecule has 1 N–H and O–H groups in total. The summed E-state index contributed by atoms with van der Waals surface area (Å²) in [6.45, 7) is 2.04. The molecule has 0 saturated heterocycles. The largest absolute Gasteiger partial charge is 0.497 e. The van der Waals surface area contributed by atoms with Crippen molar-refractivity contribution in [2.75, 3.05) is 12.9 Å². The SMILES string of the molecule is COc1ccc2nc(SCC(=O)NC3CCCCC3)c(C)cc2c1. The Bertz CT molecular complexity index is 727. The monoisotopic (exact) mass is 344 g/mol. The van der Waals surface area contributed by atoms with Gasteiger partial charge in [-0.15, -0.1) is 0 Å². The number of hydrogen-bond donors (Lipinski definition) is 1. The van der Waals surface area contributed by atoms with Crippen molar-refractivity contribution in [1.29, 1.82) is 0 Å². The normalized spacial score (nSPS) is 15.4. The molecule has 128 valence electrons. The summed E-state index contributed by atoms with van der Waals surface area (Å²) in [5.74, 6) is 1.37. The van der Waals surface area contributed by atoms with Crippen molar-refractivity contribution in [1.82, 2.24) is 10.3 Å². The van der Waals surface area contributed by atoms with E-state index in [1.54, 1.807) is 7.11 Å². The van der Waals surface area contributed by atoms with Crippen LogP contribution in [0.4, 0.5) is 0 Å². The topological polar surface area (TPSA) is 51.2 Å². The molecule has 0 spiro atoms. The minimum absolute atomic E-state index is 0.114. The first kappa shape index (κ1) is 17.1. The van der Waals surface area contributed by atoms with Gasteiger partial charge in [0.25, 0.3) is 0 Å². The summed E-state index contributed by atoms with van der Waals surface area (Å²) < 4.78 is 5.26. The quantitative estimate of drug-likeness (QED) is 0.830. The lowest BCUT2D eigenvalue weighted by Gasteiger charge is -2.22. The molecule has 3 rings (SSSR count). The Labute approximate surface area is 147 Å². The predicted octanol–water partition coefficient (Wildman–Crippen LogP) is 4.09. The van der Waals surface area contributed by atoms with E-state index in [-0.39, 0.29) is 5.91 Å². The maximum atomic E-state index is 12.2. The van der Waals surface area contributed by atoms with Gasteiger partial charge in [0.1, 0.15) is 10.8 Å². The first-order valence-electron chi connectivity index (χ1n) is 8.53. The maximum absolute atomic E-state index is 12.2. The fourth-order valence-electron chi connectivity index (χ4n) is 3.17. The van der Waals surface area contributed by atoms with Gasteiger partial charge in [-0.2, -0.15) is 0 Å². The summed E-state index contributed by atoms with van der Waals surface area (Å²) in [5, 5.41) is 5.14. The van der Waals surface area contributed by atoms with Crippen LogP contribution in [0.1, 0.15) is 37.7 Å². The summed E-state index contributed by atoms with van der Waals surface area (Å²) in [5.41, 5.74) is 2.02. The van der Waals surface area contributed by atoms with Gasteiger partial charge in [0.15, 0.2) is 0 Å². The Balaban J connectivity index is 1.64. The number of benzene rings is 1. The van der Waals surface area contributed by atoms with E-state index in [1.165, 1.54) is 31.0 Å². The number of carbonyl (C=O) groups is 1. The van der Waals surface area contributed by atoms with Crippen LogP contribution in [0.15, 0.2) is 29.3 Å². The number of nitrogens with one attached hydrogen (secondary N) is 1. The van der Waals surface area contributed by atoms with E-state index in [0.29, 0.717) is 11.8 Å². The number of aromatic nitrogens is 1.